The molecule has 0 aliphatic carbocycles. The van der Waals surface area contributed by atoms with Crippen LogP contribution in [0.2, 0.25) is 5.02 Å². The molecule has 4 rings (SSSR count). The molecule has 1 unspecified atom stereocenters. The standard InChI is InChI=1S/C27H19ClF7N3O2/c1-3-22(37(2)24(39)14-10-15(26(30,31)32)12-16(11-14)27(33,34)35)23-36-21-7-5-4-6-18(21)25(40)38(23)17-8-9-20(29)19(28)13-17/h4-13,22H,3H2,1-2H3. The van der Waals surface area contributed by atoms with Crippen molar-refractivity contribution in [1.82, 2.24) is 14.5 Å². The smallest absolute Gasteiger partial charge is 0.332 e. The van der Waals surface area contributed by atoms with E-state index < -0.39 is 52.4 Å². The first kappa shape index (κ1) is 29.1. The van der Waals surface area contributed by atoms with Crippen LogP contribution in [0.15, 0.2) is 65.5 Å². The van der Waals surface area contributed by atoms with Gasteiger partial charge in [0.05, 0.1) is 38.8 Å². The van der Waals surface area contributed by atoms with Crippen molar-refractivity contribution in [1.29, 1.82) is 0 Å². The van der Waals surface area contributed by atoms with E-state index in [1.165, 1.54) is 25.2 Å². The summed E-state index contributed by atoms with van der Waals surface area (Å²) in [4.78, 5) is 32.4. The van der Waals surface area contributed by atoms with Crippen LogP contribution in [0.3, 0.4) is 0 Å². The summed E-state index contributed by atoms with van der Waals surface area (Å²) in [5, 5.41) is -0.145. The first-order valence-corrected chi connectivity index (χ1v) is 12.0. The maximum absolute atomic E-state index is 13.9. The monoisotopic (exact) mass is 585 g/mol. The number of amides is 1. The van der Waals surface area contributed by atoms with Crippen LogP contribution in [0.5, 0.6) is 0 Å². The predicted octanol–water partition coefficient (Wildman–Crippen LogP) is 7.44. The zero-order valence-electron chi connectivity index (χ0n) is 20.7. The summed E-state index contributed by atoms with van der Waals surface area (Å²) in [6, 6.07) is 9.12. The molecule has 0 spiro atoms. The van der Waals surface area contributed by atoms with E-state index >= 15 is 0 Å². The predicted molar refractivity (Wildman–Crippen MR) is 134 cm³/mol. The summed E-state index contributed by atoms with van der Waals surface area (Å²) in [7, 11) is 1.17. The fourth-order valence-corrected chi connectivity index (χ4v) is 4.48. The summed E-state index contributed by atoms with van der Waals surface area (Å²) in [5.41, 5.74) is -4.45. The fraction of sp³-hybridized carbons (Fsp3) is 0.222. The zero-order valence-corrected chi connectivity index (χ0v) is 21.5. The molecule has 5 nitrogen and oxygen atoms in total. The number of benzene rings is 3. The third-order valence-corrected chi connectivity index (χ3v) is 6.56. The number of para-hydroxylation sites is 1. The van der Waals surface area contributed by atoms with E-state index in [2.05, 4.69) is 4.98 Å². The number of carbonyl (C=O) groups is 1. The Morgan fingerprint density at radius 1 is 0.975 bits per heavy atom. The van der Waals surface area contributed by atoms with Gasteiger partial charge >= 0.3 is 12.4 Å². The number of alkyl halides is 6. The quantitative estimate of drug-likeness (QED) is 0.229. The van der Waals surface area contributed by atoms with Gasteiger partial charge in [0, 0.05) is 12.6 Å². The molecule has 0 aliphatic heterocycles. The van der Waals surface area contributed by atoms with Gasteiger partial charge in [-0.2, -0.15) is 26.3 Å². The van der Waals surface area contributed by atoms with Crippen molar-refractivity contribution >= 4 is 28.4 Å². The lowest BCUT2D eigenvalue weighted by molar-refractivity contribution is -0.143. The lowest BCUT2D eigenvalue weighted by atomic mass is 10.0. The Labute approximate surface area is 227 Å². The normalized spacial score (nSPS) is 12.9. The molecule has 13 heteroatoms. The summed E-state index contributed by atoms with van der Waals surface area (Å²) in [6.07, 6.45) is -10.3. The van der Waals surface area contributed by atoms with E-state index in [4.69, 9.17) is 11.6 Å². The van der Waals surface area contributed by atoms with E-state index in [1.54, 1.807) is 19.1 Å². The highest BCUT2D eigenvalue weighted by Crippen LogP contribution is 2.37. The molecule has 1 aromatic heterocycles. The molecular formula is C27H19ClF7N3O2. The Kier molecular flexibility index (Phi) is 7.68. The number of hydrogen-bond donors (Lipinski definition) is 0. The topological polar surface area (TPSA) is 55.2 Å². The second-order valence-electron chi connectivity index (χ2n) is 8.86. The molecule has 1 heterocycles. The van der Waals surface area contributed by atoms with Crippen molar-refractivity contribution in [2.45, 2.75) is 31.7 Å². The van der Waals surface area contributed by atoms with Crippen LogP contribution in [0, 0.1) is 5.82 Å². The summed E-state index contributed by atoms with van der Waals surface area (Å²) < 4.78 is 95.4. The van der Waals surface area contributed by atoms with Gasteiger partial charge in [-0.05, 0) is 55.0 Å². The third-order valence-electron chi connectivity index (χ3n) is 6.27. The van der Waals surface area contributed by atoms with Gasteiger partial charge in [0.2, 0.25) is 0 Å². The average molecular weight is 586 g/mol. The highest BCUT2D eigenvalue weighted by molar-refractivity contribution is 6.30. The minimum atomic E-state index is -5.15. The van der Waals surface area contributed by atoms with Crippen LogP contribution in [0.1, 0.15) is 46.7 Å². The molecule has 210 valence electrons. The van der Waals surface area contributed by atoms with Crippen molar-refractivity contribution < 1.29 is 35.5 Å². The van der Waals surface area contributed by atoms with E-state index in [0.717, 1.165) is 21.6 Å². The maximum Gasteiger partial charge on any atom is 0.416 e. The molecule has 4 aromatic rings. The lowest BCUT2D eigenvalue weighted by Gasteiger charge is -2.29. The van der Waals surface area contributed by atoms with Gasteiger partial charge in [-0.1, -0.05) is 30.7 Å². The Balaban J connectivity index is 1.91. The van der Waals surface area contributed by atoms with E-state index in [1.807, 2.05) is 0 Å². The molecule has 0 radical (unpaired) electrons. The van der Waals surface area contributed by atoms with Gasteiger partial charge in [-0.15, -0.1) is 0 Å². The average Bonchev–Trinajstić information content (AvgIpc) is 2.89. The molecule has 0 fully saturated rings. The second kappa shape index (κ2) is 10.6. The minimum absolute atomic E-state index is 0.0486. The summed E-state index contributed by atoms with van der Waals surface area (Å²) >= 11 is 5.94. The number of fused-ring (bicyclic) bond motifs is 1. The van der Waals surface area contributed by atoms with Crippen LogP contribution in [0.4, 0.5) is 30.7 Å². The molecule has 0 saturated heterocycles. The van der Waals surface area contributed by atoms with Crippen LogP contribution in [0.25, 0.3) is 16.6 Å². The van der Waals surface area contributed by atoms with Gasteiger partial charge in [-0.25, -0.2) is 9.37 Å². The van der Waals surface area contributed by atoms with E-state index in [0.29, 0.717) is 12.1 Å². The Morgan fingerprint density at radius 2 is 1.57 bits per heavy atom. The fourth-order valence-electron chi connectivity index (χ4n) is 4.30. The van der Waals surface area contributed by atoms with Gasteiger partial charge in [-0.3, -0.25) is 14.2 Å². The molecule has 0 N–H and O–H groups in total. The minimum Gasteiger partial charge on any atom is -0.332 e. The molecule has 0 saturated carbocycles. The van der Waals surface area contributed by atoms with E-state index in [9.17, 15) is 40.3 Å². The number of rotatable bonds is 5. The highest BCUT2D eigenvalue weighted by atomic mass is 35.5. The molecular weight excluding hydrogens is 567 g/mol. The second-order valence-corrected chi connectivity index (χ2v) is 9.27. The number of halogens is 8. The first-order chi connectivity index (χ1) is 18.6. The number of aromatic nitrogens is 2. The van der Waals surface area contributed by atoms with E-state index in [-0.39, 0.29) is 39.9 Å². The van der Waals surface area contributed by atoms with Gasteiger partial charge in [0.25, 0.3) is 11.5 Å². The largest absolute Gasteiger partial charge is 0.416 e. The molecule has 40 heavy (non-hydrogen) atoms. The Hall–Kier alpha value is -3.93. The first-order valence-electron chi connectivity index (χ1n) is 11.7. The van der Waals surface area contributed by atoms with Crippen LogP contribution >= 0.6 is 11.6 Å². The van der Waals surface area contributed by atoms with Crippen LogP contribution in [-0.2, 0) is 12.4 Å². The highest BCUT2D eigenvalue weighted by Gasteiger charge is 2.38. The molecule has 3 aromatic carbocycles. The van der Waals surface area contributed by atoms with Crippen LogP contribution in [-0.4, -0.2) is 27.4 Å². The Morgan fingerprint density at radius 3 is 2.12 bits per heavy atom. The van der Waals surface area contributed by atoms with Gasteiger partial charge in [0.1, 0.15) is 11.6 Å². The van der Waals surface area contributed by atoms with Crippen molar-refractivity contribution in [3.05, 3.63) is 104 Å². The molecule has 1 atom stereocenters. The maximum atomic E-state index is 13.9. The van der Waals surface area contributed by atoms with Crippen molar-refractivity contribution in [2.24, 2.45) is 0 Å². The molecule has 0 aliphatic rings. The zero-order chi connectivity index (χ0) is 29.6. The number of hydrogen-bond acceptors (Lipinski definition) is 3. The van der Waals surface area contributed by atoms with Gasteiger partial charge in [0.15, 0.2) is 0 Å². The van der Waals surface area contributed by atoms with Crippen LogP contribution < -0.4 is 5.56 Å². The number of carbonyl (C=O) groups excluding carboxylic acids is 1. The molecule has 1 amide bonds. The van der Waals surface area contributed by atoms with Crippen molar-refractivity contribution in [2.75, 3.05) is 7.05 Å². The lowest BCUT2D eigenvalue weighted by Crippen LogP contribution is -2.36. The molecule has 0 bridgehead atoms. The third kappa shape index (κ3) is 5.53. The summed E-state index contributed by atoms with van der Waals surface area (Å²) in [5.74, 6) is -2.00. The Bertz CT molecular complexity index is 1630. The SMILES string of the molecule is CCC(c1nc2ccccc2c(=O)n1-c1ccc(F)c(Cl)c1)N(C)C(=O)c1cc(C(F)(F)F)cc(C(F)(F)F)c1. The summed E-state index contributed by atoms with van der Waals surface area (Å²) in [6.45, 7) is 1.59. The van der Waals surface area contributed by atoms with Crippen molar-refractivity contribution in [3.63, 3.8) is 0 Å². The van der Waals surface area contributed by atoms with Gasteiger partial charge < -0.3 is 4.90 Å². The van der Waals surface area contributed by atoms with Crippen molar-refractivity contribution in [3.8, 4) is 5.69 Å². The number of nitrogens with zero attached hydrogens (tertiary/aromatic N) is 3.